The summed E-state index contributed by atoms with van der Waals surface area (Å²) in [7, 11) is 0. The molecule has 0 aliphatic rings. The van der Waals surface area contributed by atoms with Crippen LogP contribution >= 0.6 is 0 Å². The Bertz CT molecular complexity index is 315. The molecule has 0 radical (unpaired) electrons. The largest absolute Gasteiger partial charge is 0.355 e. The van der Waals surface area contributed by atoms with Gasteiger partial charge in [-0.25, -0.2) is 9.97 Å². The van der Waals surface area contributed by atoms with Crippen molar-refractivity contribution in [3.05, 3.63) is 24.3 Å². The SMILES string of the molecule is CCCNC(=O)C(C)NCc1ccncn1. The number of hydrogen-bond acceptors (Lipinski definition) is 4. The summed E-state index contributed by atoms with van der Waals surface area (Å²) < 4.78 is 0. The molecule has 0 bridgehead atoms. The van der Waals surface area contributed by atoms with Gasteiger partial charge in [0.2, 0.25) is 5.91 Å². The fraction of sp³-hybridized carbons (Fsp3) is 0.545. The van der Waals surface area contributed by atoms with Gasteiger partial charge in [0.05, 0.1) is 11.7 Å². The average Bonchev–Trinajstić information content (AvgIpc) is 2.34. The molecule has 5 nitrogen and oxygen atoms in total. The Morgan fingerprint density at radius 2 is 2.38 bits per heavy atom. The van der Waals surface area contributed by atoms with Crippen LogP contribution in [0.1, 0.15) is 26.0 Å². The van der Waals surface area contributed by atoms with Gasteiger partial charge < -0.3 is 10.6 Å². The molecule has 1 heterocycles. The lowest BCUT2D eigenvalue weighted by Gasteiger charge is -2.13. The Hall–Kier alpha value is -1.49. The normalized spacial score (nSPS) is 12.1. The van der Waals surface area contributed by atoms with Gasteiger partial charge in [0.25, 0.3) is 0 Å². The van der Waals surface area contributed by atoms with Gasteiger partial charge in [-0.1, -0.05) is 6.92 Å². The Morgan fingerprint density at radius 3 is 3.00 bits per heavy atom. The molecule has 16 heavy (non-hydrogen) atoms. The van der Waals surface area contributed by atoms with Gasteiger partial charge in [-0.15, -0.1) is 0 Å². The minimum Gasteiger partial charge on any atom is -0.355 e. The van der Waals surface area contributed by atoms with Gasteiger partial charge in [-0.2, -0.15) is 0 Å². The van der Waals surface area contributed by atoms with E-state index in [0.717, 1.165) is 18.7 Å². The molecule has 5 heteroatoms. The molecule has 0 saturated carbocycles. The molecule has 0 aromatic carbocycles. The van der Waals surface area contributed by atoms with Gasteiger partial charge in [-0.3, -0.25) is 4.79 Å². The van der Waals surface area contributed by atoms with E-state index in [1.54, 1.807) is 6.20 Å². The summed E-state index contributed by atoms with van der Waals surface area (Å²) in [6.45, 7) is 5.16. The Labute approximate surface area is 95.7 Å². The Kier molecular flexibility index (Phi) is 5.42. The minimum atomic E-state index is -0.207. The third-order valence-electron chi connectivity index (χ3n) is 2.18. The highest BCUT2D eigenvalue weighted by Gasteiger charge is 2.10. The first-order valence-electron chi connectivity index (χ1n) is 5.50. The molecule has 2 N–H and O–H groups in total. The standard InChI is InChI=1S/C11H18N4O/c1-3-5-13-11(16)9(2)14-7-10-4-6-12-8-15-10/h4,6,8-9,14H,3,5,7H2,1-2H3,(H,13,16). The lowest BCUT2D eigenvalue weighted by Crippen LogP contribution is -2.42. The van der Waals surface area contributed by atoms with Crippen LogP contribution in [0.4, 0.5) is 0 Å². The van der Waals surface area contributed by atoms with Crippen molar-refractivity contribution in [2.75, 3.05) is 6.54 Å². The number of nitrogens with one attached hydrogen (secondary N) is 2. The second-order valence-corrected chi connectivity index (χ2v) is 3.59. The molecular weight excluding hydrogens is 204 g/mol. The van der Waals surface area contributed by atoms with Crippen molar-refractivity contribution in [3.63, 3.8) is 0 Å². The van der Waals surface area contributed by atoms with E-state index < -0.39 is 0 Å². The average molecular weight is 222 g/mol. The van der Waals surface area contributed by atoms with E-state index in [9.17, 15) is 4.79 Å². The fourth-order valence-corrected chi connectivity index (χ4v) is 1.17. The molecule has 1 unspecified atom stereocenters. The lowest BCUT2D eigenvalue weighted by atomic mass is 10.3. The number of aromatic nitrogens is 2. The third-order valence-corrected chi connectivity index (χ3v) is 2.18. The van der Waals surface area contributed by atoms with E-state index in [-0.39, 0.29) is 11.9 Å². The zero-order valence-electron chi connectivity index (χ0n) is 9.73. The minimum absolute atomic E-state index is 0.0240. The van der Waals surface area contributed by atoms with Crippen LogP contribution in [0.3, 0.4) is 0 Å². The summed E-state index contributed by atoms with van der Waals surface area (Å²) in [5.41, 5.74) is 0.880. The van der Waals surface area contributed by atoms with Crippen LogP contribution < -0.4 is 10.6 Å². The predicted molar refractivity (Wildman–Crippen MR) is 61.6 cm³/mol. The Balaban J connectivity index is 2.29. The van der Waals surface area contributed by atoms with E-state index in [2.05, 4.69) is 20.6 Å². The lowest BCUT2D eigenvalue weighted by molar-refractivity contribution is -0.122. The van der Waals surface area contributed by atoms with Gasteiger partial charge in [-0.05, 0) is 19.4 Å². The number of hydrogen-bond donors (Lipinski definition) is 2. The van der Waals surface area contributed by atoms with E-state index in [1.807, 2.05) is 19.9 Å². The van der Waals surface area contributed by atoms with Crippen molar-refractivity contribution in [2.24, 2.45) is 0 Å². The molecule has 0 aliphatic carbocycles. The maximum Gasteiger partial charge on any atom is 0.236 e. The van der Waals surface area contributed by atoms with E-state index in [4.69, 9.17) is 0 Å². The molecular formula is C11H18N4O. The van der Waals surface area contributed by atoms with E-state index >= 15 is 0 Å². The van der Waals surface area contributed by atoms with Gasteiger partial charge in [0.1, 0.15) is 6.33 Å². The van der Waals surface area contributed by atoms with Crippen LogP contribution in [-0.2, 0) is 11.3 Å². The van der Waals surface area contributed by atoms with Crippen molar-refractivity contribution in [2.45, 2.75) is 32.9 Å². The zero-order chi connectivity index (χ0) is 11.8. The topological polar surface area (TPSA) is 66.9 Å². The number of carbonyl (C=O) groups excluding carboxylic acids is 1. The van der Waals surface area contributed by atoms with Crippen molar-refractivity contribution in [1.82, 2.24) is 20.6 Å². The summed E-state index contributed by atoms with van der Waals surface area (Å²) in [4.78, 5) is 19.4. The van der Waals surface area contributed by atoms with Crippen LogP contribution in [0.5, 0.6) is 0 Å². The van der Waals surface area contributed by atoms with Crippen LogP contribution in [0.25, 0.3) is 0 Å². The number of amides is 1. The second-order valence-electron chi connectivity index (χ2n) is 3.59. The summed E-state index contributed by atoms with van der Waals surface area (Å²) in [6, 6.07) is 1.62. The van der Waals surface area contributed by atoms with Crippen molar-refractivity contribution in [3.8, 4) is 0 Å². The molecule has 0 fully saturated rings. The fourth-order valence-electron chi connectivity index (χ4n) is 1.17. The molecule has 0 aliphatic heterocycles. The van der Waals surface area contributed by atoms with Crippen LogP contribution in [-0.4, -0.2) is 28.5 Å². The van der Waals surface area contributed by atoms with Crippen molar-refractivity contribution in [1.29, 1.82) is 0 Å². The highest BCUT2D eigenvalue weighted by Crippen LogP contribution is 1.92. The molecule has 1 amide bonds. The first kappa shape index (κ1) is 12.6. The first-order valence-corrected chi connectivity index (χ1v) is 5.50. The van der Waals surface area contributed by atoms with Crippen LogP contribution in [0.2, 0.25) is 0 Å². The number of rotatable bonds is 6. The molecule has 0 spiro atoms. The van der Waals surface area contributed by atoms with Crippen LogP contribution in [0, 0.1) is 0 Å². The molecule has 88 valence electrons. The van der Waals surface area contributed by atoms with E-state index in [1.165, 1.54) is 6.33 Å². The summed E-state index contributed by atoms with van der Waals surface area (Å²) >= 11 is 0. The predicted octanol–water partition coefficient (Wildman–Crippen LogP) is 0.481. The molecule has 1 aromatic rings. The summed E-state index contributed by atoms with van der Waals surface area (Å²) in [5.74, 6) is 0.0240. The zero-order valence-corrected chi connectivity index (χ0v) is 9.73. The van der Waals surface area contributed by atoms with E-state index in [0.29, 0.717) is 6.54 Å². The second kappa shape index (κ2) is 6.90. The van der Waals surface area contributed by atoms with Crippen molar-refractivity contribution < 1.29 is 4.79 Å². The van der Waals surface area contributed by atoms with Crippen molar-refractivity contribution >= 4 is 5.91 Å². The van der Waals surface area contributed by atoms with Gasteiger partial charge in [0, 0.05) is 19.3 Å². The van der Waals surface area contributed by atoms with Gasteiger partial charge in [0.15, 0.2) is 0 Å². The molecule has 1 atom stereocenters. The third kappa shape index (κ3) is 4.35. The molecule has 1 aromatic heterocycles. The number of carbonyl (C=O) groups is 1. The highest BCUT2D eigenvalue weighted by molar-refractivity contribution is 5.81. The van der Waals surface area contributed by atoms with Gasteiger partial charge >= 0.3 is 0 Å². The van der Waals surface area contributed by atoms with Crippen LogP contribution in [0.15, 0.2) is 18.6 Å². The monoisotopic (exact) mass is 222 g/mol. The molecule has 1 rings (SSSR count). The first-order chi connectivity index (χ1) is 7.74. The quantitative estimate of drug-likeness (QED) is 0.734. The maximum atomic E-state index is 11.5. The molecule has 0 saturated heterocycles. The highest BCUT2D eigenvalue weighted by atomic mass is 16.2. The summed E-state index contributed by atoms with van der Waals surface area (Å²) in [5, 5.41) is 5.94. The smallest absolute Gasteiger partial charge is 0.236 e. The number of nitrogens with zero attached hydrogens (tertiary/aromatic N) is 2. The Morgan fingerprint density at radius 1 is 1.56 bits per heavy atom. The maximum absolute atomic E-state index is 11.5. The summed E-state index contributed by atoms with van der Waals surface area (Å²) in [6.07, 6.45) is 4.13.